The first kappa shape index (κ1) is 16.4. The molecule has 1 aliphatic rings. The molecule has 0 unspecified atom stereocenters. The molecule has 5 heteroatoms. The van der Waals surface area contributed by atoms with Gasteiger partial charge in [0.1, 0.15) is 0 Å². The number of hydrogen-bond acceptors (Lipinski definition) is 2. The summed E-state index contributed by atoms with van der Waals surface area (Å²) in [6.45, 7) is 5.58. The Bertz CT molecular complexity index is 932. The van der Waals surface area contributed by atoms with Crippen LogP contribution in [-0.4, -0.2) is 27.0 Å². The molecule has 2 amide bonds. The van der Waals surface area contributed by atoms with Crippen molar-refractivity contribution < 1.29 is 4.79 Å². The van der Waals surface area contributed by atoms with Crippen molar-refractivity contribution >= 4 is 11.7 Å². The van der Waals surface area contributed by atoms with E-state index in [0.29, 0.717) is 6.54 Å². The number of fused-ring (bicyclic) bond motifs is 1. The molecule has 5 nitrogen and oxygen atoms in total. The van der Waals surface area contributed by atoms with Gasteiger partial charge < -0.3 is 14.8 Å². The number of carbonyl (C=O) groups is 1. The first-order valence-corrected chi connectivity index (χ1v) is 8.83. The molecule has 0 saturated heterocycles. The first-order valence-electron chi connectivity index (χ1n) is 8.83. The molecule has 0 bridgehead atoms. The van der Waals surface area contributed by atoms with Gasteiger partial charge in [0.2, 0.25) is 0 Å². The van der Waals surface area contributed by atoms with Crippen LogP contribution in [-0.2, 0) is 6.54 Å². The molecule has 4 rings (SSSR count). The molecule has 2 aromatic heterocycles. The molecular formula is C21H22N4O. The lowest BCUT2D eigenvalue weighted by molar-refractivity contribution is 0.182. The predicted octanol–water partition coefficient (Wildman–Crippen LogP) is 4.14. The average molecular weight is 346 g/mol. The minimum absolute atomic E-state index is 0.0810. The molecule has 132 valence electrons. The van der Waals surface area contributed by atoms with Gasteiger partial charge in [0.25, 0.3) is 0 Å². The van der Waals surface area contributed by atoms with Crippen LogP contribution in [0.2, 0.25) is 0 Å². The summed E-state index contributed by atoms with van der Waals surface area (Å²) >= 11 is 0. The molecule has 26 heavy (non-hydrogen) atoms. The Kier molecular flexibility index (Phi) is 4.21. The third-order valence-electron chi connectivity index (χ3n) is 5.08. The van der Waals surface area contributed by atoms with E-state index in [9.17, 15) is 4.79 Å². The number of carbonyl (C=O) groups excluding carboxylic acids is 1. The zero-order valence-electron chi connectivity index (χ0n) is 15.0. The van der Waals surface area contributed by atoms with Crippen LogP contribution in [0.25, 0.3) is 0 Å². The minimum Gasteiger partial charge on any atom is -0.348 e. The van der Waals surface area contributed by atoms with Gasteiger partial charge >= 0.3 is 6.03 Å². The largest absolute Gasteiger partial charge is 0.348 e. The van der Waals surface area contributed by atoms with Crippen LogP contribution in [0.15, 0.2) is 61.1 Å². The fourth-order valence-corrected chi connectivity index (χ4v) is 3.51. The Morgan fingerprint density at radius 2 is 1.88 bits per heavy atom. The maximum Gasteiger partial charge on any atom is 0.322 e. The first-order chi connectivity index (χ1) is 12.6. The number of amides is 2. The molecule has 1 aromatic carbocycles. The maximum absolute atomic E-state index is 13.1. The number of aromatic nitrogens is 2. The van der Waals surface area contributed by atoms with Gasteiger partial charge in [0.05, 0.1) is 6.04 Å². The van der Waals surface area contributed by atoms with E-state index in [-0.39, 0.29) is 12.1 Å². The third-order valence-corrected chi connectivity index (χ3v) is 5.08. The molecular weight excluding hydrogens is 324 g/mol. The second-order valence-corrected chi connectivity index (χ2v) is 6.73. The number of nitrogens with zero attached hydrogens (tertiary/aromatic N) is 3. The van der Waals surface area contributed by atoms with Crippen LogP contribution in [0.1, 0.15) is 28.4 Å². The highest BCUT2D eigenvalue weighted by Crippen LogP contribution is 2.32. The molecule has 0 radical (unpaired) electrons. The number of rotatable bonds is 2. The second-order valence-electron chi connectivity index (χ2n) is 6.73. The Morgan fingerprint density at radius 1 is 1.08 bits per heavy atom. The van der Waals surface area contributed by atoms with Gasteiger partial charge in [-0.2, -0.15) is 0 Å². The maximum atomic E-state index is 13.1. The number of benzene rings is 1. The van der Waals surface area contributed by atoms with Crippen LogP contribution in [0.4, 0.5) is 10.5 Å². The summed E-state index contributed by atoms with van der Waals surface area (Å²) in [7, 11) is 0. The average Bonchev–Trinajstić information content (AvgIpc) is 3.13. The van der Waals surface area contributed by atoms with Gasteiger partial charge in [0, 0.05) is 43.1 Å². The van der Waals surface area contributed by atoms with Gasteiger partial charge in [-0.15, -0.1) is 0 Å². The molecule has 1 atom stereocenters. The second kappa shape index (κ2) is 6.67. The van der Waals surface area contributed by atoms with Crippen molar-refractivity contribution in [3.8, 4) is 0 Å². The van der Waals surface area contributed by atoms with E-state index in [1.807, 2.05) is 41.3 Å². The number of anilines is 1. The van der Waals surface area contributed by atoms with E-state index in [0.717, 1.165) is 23.5 Å². The summed E-state index contributed by atoms with van der Waals surface area (Å²) < 4.78 is 2.21. The molecule has 0 saturated carbocycles. The Balaban J connectivity index is 1.65. The highest BCUT2D eigenvalue weighted by Gasteiger charge is 2.32. The smallest absolute Gasteiger partial charge is 0.322 e. The molecule has 1 aliphatic heterocycles. The number of pyridine rings is 1. The van der Waals surface area contributed by atoms with Crippen LogP contribution in [0.5, 0.6) is 0 Å². The number of nitrogens with one attached hydrogen (secondary N) is 1. The van der Waals surface area contributed by atoms with Gasteiger partial charge in [-0.3, -0.25) is 4.98 Å². The fraction of sp³-hybridized carbons (Fsp3) is 0.238. The molecule has 1 N–H and O–H groups in total. The van der Waals surface area contributed by atoms with Crippen molar-refractivity contribution in [2.75, 3.05) is 11.9 Å². The zero-order valence-corrected chi connectivity index (χ0v) is 15.0. The molecule has 0 aliphatic carbocycles. The predicted molar refractivity (Wildman–Crippen MR) is 102 cm³/mol. The molecule has 3 heterocycles. The molecule has 0 spiro atoms. The van der Waals surface area contributed by atoms with Crippen LogP contribution in [0, 0.1) is 13.8 Å². The number of aryl methyl sites for hydroxylation is 2. The van der Waals surface area contributed by atoms with Crippen LogP contribution in [0.3, 0.4) is 0 Å². The topological polar surface area (TPSA) is 50.2 Å². The Morgan fingerprint density at radius 3 is 2.65 bits per heavy atom. The highest BCUT2D eigenvalue weighted by molar-refractivity contribution is 5.90. The lowest BCUT2D eigenvalue weighted by Gasteiger charge is -2.37. The Labute approximate surface area is 153 Å². The van der Waals surface area contributed by atoms with Crippen molar-refractivity contribution in [3.05, 3.63) is 83.4 Å². The lowest BCUT2D eigenvalue weighted by Crippen LogP contribution is -2.44. The van der Waals surface area contributed by atoms with Crippen LogP contribution < -0.4 is 5.32 Å². The fourth-order valence-electron chi connectivity index (χ4n) is 3.51. The van der Waals surface area contributed by atoms with E-state index < -0.39 is 0 Å². The summed E-state index contributed by atoms with van der Waals surface area (Å²) in [6.07, 6.45) is 5.62. The minimum atomic E-state index is -0.117. The quantitative estimate of drug-likeness (QED) is 0.758. The summed E-state index contributed by atoms with van der Waals surface area (Å²) in [5.41, 5.74) is 5.40. The van der Waals surface area contributed by atoms with Crippen molar-refractivity contribution in [1.82, 2.24) is 14.5 Å². The van der Waals surface area contributed by atoms with E-state index in [1.165, 1.54) is 11.1 Å². The summed E-state index contributed by atoms with van der Waals surface area (Å²) in [6, 6.07) is 13.9. The number of urea groups is 1. The van der Waals surface area contributed by atoms with Gasteiger partial charge in [0.15, 0.2) is 0 Å². The van der Waals surface area contributed by atoms with Gasteiger partial charge in [-0.05, 0) is 66.9 Å². The lowest BCUT2D eigenvalue weighted by atomic mass is 10.0. The van der Waals surface area contributed by atoms with E-state index >= 15 is 0 Å². The third kappa shape index (κ3) is 2.96. The SMILES string of the molecule is Cc1ccc(NC(=O)N2CCn3cccc3[C@H]2c2ccncc2)cc1C. The summed E-state index contributed by atoms with van der Waals surface area (Å²) in [4.78, 5) is 19.1. The van der Waals surface area contributed by atoms with Gasteiger partial charge in [-0.1, -0.05) is 6.07 Å². The monoisotopic (exact) mass is 346 g/mol. The van der Waals surface area contributed by atoms with E-state index in [4.69, 9.17) is 0 Å². The summed E-state index contributed by atoms with van der Waals surface area (Å²) in [5.74, 6) is 0. The summed E-state index contributed by atoms with van der Waals surface area (Å²) in [5, 5.41) is 3.06. The van der Waals surface area contributed by atoms with Gasteiger partial charge in [-0.25, -0.2) is 4.79 Å². The van der Waals surface area contributed by atoms with E-state index in [1.54, 1.807) is 12.4 Å². The van der Waals surface area contributed by atoms with Crippen molar-refractivity contribution in [1.29, 1.82) is 0 Å². The van der Waals surface area contributed by atoms with Crippen molar-refractivity contribution in [2.45, 2.75) is 26.4 Å². The number of hydrogen-bond donors (Lipinski definition) is 1. The normalized spacial score (nSPS) is 16.2. The van der Waals surface area contributed by atoms with E-state index in [2.05, 4.69) is 41.0 Å². The molecule has 0 fully saturated rings. The van der Waals surface area contributed by atoms with Crippen molar-refractivity contribution in [3.63, 3.8) is 0 Å². The standard InChI is InChI=1S/C21H22N4O/c1-15-5-6-18(14-16(15)2)23-21(26)25-13-12-24-11-3-4-19(24)20(25)17-7-9-22-10-8-17/h3-11,14,20H,12-13H2,1-2H3,(H,23,26)/t20-/m1/s1. The van der Waals surface area contributed by atoms with Crippen molar-refractivity contribution in [2.24, 2.45) is 0 Å². The van der Waals surface area contributed by atoms with Crippen LogP contribution >= 0.6 is 0 Å². The zero-order chi connectivity index (χ0) is 18.1. The molecule has 3 aromatic rings. The Hall–Kier alpha value is -3.08. The highest BCUT2D eigenvalue weighted by atomic mass is 16.2.